The molecule has 6 nitrogen and oxygen atoms in total. The Kier molecular flexibility index (Phi) is 4.54. The molecule has 0 unspecified atom stereocenters. The predicted molar refractivity (Wildman–Crippen MR) is 94.6 cm³/mol. The number of nitrogens with zero attached hydrogens (tertiary/aromatic N) is 3. The van der Waals surface area contributed by atoms with E-state index in [1.54, 1.807) is 6.07 Å². The molecule has 0 radical (unpaired) electrons. The van der Waals surface area contributed by atoms with Crippen LogP contribution in [0.3, 0.4) is 0 Å². The maximum Gasteiger partial charge on any atom is 0.312 e. The molecule has 1 atom stereocenters. The average Bonchev–Trinajstić information content (AvgIpc) is 3.22. The number of hydrogen-bond acceptors (Lipinski definition) is 6. The van der Waals surface area contributed by atoms with E-state index in [0.29, 0.717) is 0 Å². The zero-order chi connectivity index (χ0) is 17.3. The maximum atomic E-state index is 12.2. The van der Waals surface area contributed by atoms with Crippen LogP contribution in [0.15, 0.2) is 18.3 Å². The van der Waals surface area contributed by atoms with Gasteiger partial charge in [-0.1, -0.05) is 12.8 Å². The molecule has 3 fully saturated rings. The number of anilines is 1. The number of carbonyl (C=O) groups excluding carboxylic acids is 1. The number of piperazine rings is 1. The van der Waals surface area contributed by atoms with E-state index in [2.05, 4.69) is 14.8 Å². The molecule has 1 spiro atoms. The van der Waals surface area contributed by atoms with E-state index in [1.807, 2.05) is 6.07 Å². The standard InChI is InChI=1S/C19H27N3O3/c23-15-3-4-17(20-14-15)22-11-9-21(10-12-22)8-5-16-13-19(18(24)25-16)6-1-2-7-19/h3-4,14,16,23H,1-2,5-13H2/t16-/m0/s1. The highest BCUT2D eigenvalue weighted by Crippen LogP contribution is 2.48. The van der Waals surface area contributed by atoms with Crippen LogP contribution in [0.1, 0.15) is 38.5 Å². The molecule has 0 amide bonds. The number of ether oxygens (including phenoxy) is 1. The zero-order valence-electron chi connectivity index (χ0n) is 14.7. The summed E-state index contributed by atoms with van der Waals surface area (Å²) in [4.78, 5) is 21.2. The van der Waals surface area contributed by atoms with Crippen molar-refractivity contribution < 1.29 is 14.6 Å². The number of hydrogen-bond donors (Lipinski definition) is 1. The Labute approximate surface area is 148 Å². The monoisotopic (exact) mass is 345 g/mol. The lowest BCUT2D eigenvalue weighted by Gasteiger charge is -2.35. The minimum Gasteiger partial charge on any atom is -0.506 e. The van der Waals surface area contributed by atoms with Crippen LogP contribution < -0.4 is 4.90 Å². The minimum atomic E-state index is -0.131. The van der Waals surface area contributed by atoms with Gasteiger partial charge >= 0.3 is 5.97 Å². The molecular weight excluding hydrogens is 318 g/mol. The molecule has 2 aliphatic heterocycles. The molecule has 2 saturated heterocycles. The van der Waals surface area contributed by atoms with Crippen LogP contribution in [0, 0.1) is 5.41 Å². The molecule has 25 heavy (non-hydrogen) atoms. The molecule has 1 saturated carbocycles. The van der Waals surface area contributed by atoms with Crippen LogP contribution in [-0.2, 0) is 9.53 Å². The van der Waals surface area contributed by atoms with Gasteiger partial charge in [-0.05, 0) is 31.4 Å². The molecule has 3 heterocycles. The van der Waals surface area contributed by atoms with Crippen LogP contribution in [0.2, 0.25) is 0 Å². The van der Waals surface area contributed by atoms with E-state index in [1.165, 1.54) is 19.0 Å². The third-order valence-corrected chi connectivity index (χ3v) is 6.08. The van der Waals surface area contributed by atoms with Crippen LogP contribution in [0.25, 0.3) is 0 Å². The highest BCUT2D eigenvalue weighted by Gasteiger charge is 2.50. The second kappa shape index (κ2) is 6.83. The van der Waals surface area contributed by atoms with Gasteiger partial charge in [-0.15, -0.1) is 0 Å². The Morgan fingerprint density at radius 1 is 1.20 bits per heavy atom. The van der Waals surface area contributed by atoms with Crippen molar-refractivity contribution in [3.63, 3.8) is 0 Å². The number of rotatable bonds is 4. The lowest BCUT2D eigenvalue weighted by molar-refractivity contribution is -0.148. The van der Waals surface area contributed by atoms with Gasteiger partial charge < -0.3 is 14.7 Å². The number of esters is 1. The second-order valence-electron chi connectivity index (χ2n) is 7.71. The van der Waals surface area contributed by atoms with Crippen molar-refractivity contribution in [3.05, 3.63) is 18.3 Å². The van der Waals surface area contributed by atoms with Crippen molar-refractivity contribution in [2.24, 2.45) is 5.41 Å². The van der Waals surface area contributed by atoms with Crippen LogP contribution in [-0.4, -0.2) is 59.8 Å². The first-order chi connectivity index (χ1) is 12.1. The third kappa shape index (κ3) is 3.45. The number of aromatic nitrogens is 1. The van der Waals surface area contributed by atoms with Crippen molar-refractivity contribution in [1.29, 1.82) is 0 Å². The smallest absolute Gasteiger partial charge is 0.312 e. The summed E-state index contributed by atoms with van der Waals surface area (Å²) in [6, 6.07) is 3.55. The summed E-state index contributed by atoms with van der Waals surface area (Å²) in [7, 11) is 0. The highest BCUT2D eigenvalue weighted by molar-refractivity contribution is 5.79. The van der Waals surface area contributed by atoms with Gasteiger partial charge in [-0.2, -0.15) is 0 Å². The summed E-state index contributed by atoms with van der Waals surface area (Å²) in [5, 5.41) is 9.34. The van der Waals surface area contributed by atoms with Crippen molar-refractivity contribution >= 4 is 11.8 Å². The van der Waals surface area contributed by atoms with Crippen LogP contribution in [0.5, 0.6) is 5.75 Å². The summed E-state index contributed by atoms with van der Waals surface area (Å²) in [6.07, 6.45) is 7.90. The van der Waals surface area contributed by atoms with Gasteiger partial charge in [0.25, 0.3) is 0 Å². The van der Waals surface area contributed by atoms with Gasteiger partial charge in [0.1, 0.15) is 17.7 Å². The summed E-state index contributed by atoms with van der Waals surface area (Å²) in [5.74, 6) is 1.19. The second-order valence-corrected chi connectivity index (χ2v) is 7.71. The maximum absolute atomic E-state index is 12.2. The quantitative estimate of drug-likeness (QED) is 0.844. The van der Waals surface area contributed by atoms with E-state index in [9.17, 15) is 9.90 Å². The number of cyclic esters (lactones) is 1. The molecular formula is C19H27N3O3. The fourth-order valence-corrected chi connectivity index (χ4v) is 4.55. The topological polar surface area (TPSA) is 65.9 Å². The molecule has 0 aromatic carbocycles. The molecule has 136 valence electrons. The lowest BCUT2D eigenvalue weighted by atomic mass is 9.83. The molecule has 1 aromatic heterocycles. The first kappa shape index (κ1) is 16.6. The number of aromatic hydroxyl groups is 1. The predicted octanol–water partition coefficient (Wildman–Crippen LogP) is 2.18. The molecule has 1 aromatic rings. The fourth-order valence-electron chi connectivity index (χ4n) is 4.55. The van der Waals surface area contributed by atoms with Gasteiger partial charge in [0, 0.05) is 39.1 Å². The summed E-state index contributed by atoms with van der Waals surface area (Å²) >= 11 is 0. The molecule has 3 aliphatic rings. The van der Waals surface area contributed by atoms with Crippen molar-refractivity contribution in [2.45, 2.75) is 44.6 Å². The first-order valence-corrected chi connectivity index (χ1v) is 9.48. The first-order valence-electron chi connectivity index (χ1n) is 9.48. The SMILES string of the molecule is O=C1O[C@@H](CCN2CCN(c3ccc(O)cn3)CC2)CC12CCCC2. The Bertz CT molecular complexity index is 605. The molecule has 0 bridgehead atoms. The minimum absolute atomic E-state index is 0.0678. The van der Waals surface area contributed by atoms with Gasteiger partial charge in [-0.25, -0.2) is 4.98 Å². The van der Waals surface area contributed by atoms with E-state index in [4.69, 9.17) is 4.74 Å². The van der Waals surface area contributed by atoms with Crippen molar-refractivity contribution in [2.75, 3.05) is 37.6 Å². The van der Waals surface area contributed by atoms with Crippen LogP contribution in [0.4, 0.5) is 5.82 Å². The zero-order valence-corrected chi connectivity index (χ0v) is 14.7. The Morgan fingerprint density at radius 3 is 2.64 bits per heavy atom. The van der Waals surface area contributed by atoms with Crippen molar-refractivity contribution in [3.8, 4) is 5.75 Å². The largest absolute Gasteiger partial charge is 0.506 e. The van der Waals surface area contributed by atoms with Gasteiger partial charge in [-0.3, -0.25) is 9.69 Å². The van der Waals surface area contributed by atoms with E-state index < -0.39 is 0 Å². The molecule has 1 aliphatic carbocycles. The Hall–Kier alpha value is -1.82. The summed E-state index contributed by atoms with van der Waals surface area (Å²) in [6.45, 7) is 4.85. The highest BCUT2D eigenvalue weighted by atomic mass is 16.6. The Balaban J connectivity index is 1.23. The summed E-state index contributed by atoms with van der Waals surface area (Å²) in [5.41, 5.74) is -0.131. The lowest BCUT2D eigenvalue weighted by Crippen LogP contribution is -2.47. The molecule has 1 N–H and O–H groups in total. The number of carbonyl (C=O) groups is 1. The van der Waals surface area contributed by atoms with E-state index in [0.717, 1.165) is 64.2 Å². The van der Waals surface area contributed by atoms with Gasteiger partial charge in [0.15, 0.2) is 0 Å². The third-order valence-electron chi connectivity index (χ3n) is 6.08. The fraction of sp³-hybridized carbons (Fsp3) is 0.684. The average molecular weight is 345 g/mol. The number of pyridine rings is 1. The van der Waals surface area contributed by atoms with Crippen LogP contribution >= 0.6 is 0 Å². The summed E-state index contributed by atoms with van der Waals surface area (Å²) < 4.78 is 5.68. The molecule has 6 heteroatoms. The van der Waals surface area contributed by atoms with E-state index >= 15 is 0 Å². The Morgan fingerprint density at radius 2 is 1.96 bits per heavy atom. The van der Waals surface area contributed by atoms with E-state index in [-0.39, 0.29) is 23.2 Å². The normalized spacial score (nSPS) is 26.3. The van der Waals surface area contributed by atoms with Gasteiger partial charge in [0.05, 0.1) is 11.6 Å². The van der Waals surface area contributed by atoms with Gasteiger partial charge in [0.2, 0.25) is 0 Å². The molecule has 4 rings (SSSR count). The van der Waals surface area contributed by atoms with Crippen molar-refractivity contribution in [1.82, 2.24) is 9.88 Å².